The lowest BCUT2D eigenvalue weighted by molar-refractivity contribution is -0.146. The van der Waals surface area contributed by atoms with Crippen molar-refractivity contribution in [3.05, 3.63) is 46.4 Å². The highest BCUT2D eigenvalue weighted by molar-refractivity contribution is 8.22. The van der Waals surface area contributed by atoms with E-state index in [1.54, 1.807) is 35.1 Å². The maximum Gasteiger partial charge on any atom is 0.325 e. The van der Waals surface area contributed by atoms with Crippen molar-refractivity contribution in [2.45, 2.75) is 62.6 Å². The van der Waals surface area contributed by atoms with Crippen molar-refractivity contribution in [1.29, 1.82) is 5.26 Å². The summed E-state index contributed by atoms with van der Waals surface area (Å²) in [5.74, 6) is -1.02. The van der Waals surface area contributed by atoms with Crippen LogP contribution in [0.4, 0.5) is 11.5 Å². The van der Waals surface area contributed by atoms with Gasteiger partial charge < -0.3 is 15.4 Å². The molecule has 36 heavy (non-hydrogen) atoms. The zero-order valence-electron chi connectivity index (χ0n) is 19.9. The number of aromatic amines is 1. The number of nitrogens with zero attached hydrogens (tertiary/aromatic N) is 4. The van der Waals surface area contributed by atoms with Crippen LogP contribution < -0.4 is 10.9 Å². The SMILES string of the molecule is CC(C)(C(=O)O)N1Cc2cc(Nc3nn(C4CCCCC4C#N)c4cc[nH]c(=O)c34)ccc2S1(O)O. The van der Waals surface area contributed by atoms with Crippen molar-refractivity contribution in [1.82, 2.24) is 19.1 Å². The molecule has 0 bridgehead atoms. The Hall–Kier alpha value is -3.37. The van der Waals surface area contributed by atoms with Crippen molar-refractivity contribution < 1.29 is 19.0 Å². The van der Waals surface area contributed by atoms with Crippen molar-refractivity contribution >= 4 is 39.2 Å². The molecule has 1 aromatic carbocycles. The van der Waals surface area contributed by atoms with Gasteiger partial charge >= 0.3 is 5.97 Å². The van der Waals surface area contributed by atoms with Gasteiger partial charge in [-0.15, -0.1) is 10.8 Å². The van der Waals surface area contributed by atoms with Gasteiger partial charge in [0.05, 0.1) is 28.4 Å². The molecule has 2 aliphatic rings. The number of hydrogen-bond acceptors (Lipinski definition) is 8. The summed E-state index contributed by atoms with van der Waals surface area (Å²) in [5.41, 5.74) is -0.0308. The zero-order valence-corrected chi connectivity index (χ0v) is 20.7. The number of nitriles is 1. The average molecular weight is 513 g/mol. The fourth-order valence-corrected chi connectivity index (χ4v) is 7.16. The Morgan fingerprint density at radius 3 is 2.75 bits per heavy atom. The number of carboxylic acids is 1. The standard InChI is InChI=1S/C24H28N6O5S/c1-24(2,23(32)33)29-13-15-11-16(7-8-19(15)36(29,34)35)27-21-20-18(9-10-26-22(20)31)30(28-21)17-6-4-3-5-14(17)12-25/h7-11,14,17,34-35H,3-6,13H2,1-2H3,(H,26,31)(H,27,28)(H,32,33). The van der Waals surface area contributed by atoms with Gasteiger partial charge in [0.15, 0.2) is 5.82 Å². The molecule has 5 rings (SSSR count). The van der Waals surface area contributed by atoms with E-state index in [9.17, 15) is 29.1 Å². The highest BCUT2D eigenvalue weighted by Crippen LogP contribution is 2.61. The second-order valence-corrected chi connectivity index (χ2v) is 11.7. The third-order valence-electron chi connectivity index (χ3n) is 7.23. The summed E-state index contributed by atoms with van der Waals surface area (Å²) < 4.78 is 24.6. The molecule has 1 saturated carbocycles. The van der Waals surface area contributed by atoms with Gasteiger partial charge in [-0.1, -0.05) is 12.8 Å². The molecule has 5 N–H and O–H groups in total. The number of rotatable bonds is 5. The monoisotopic (exact) mass is 512 g/mol. The van der Waals surface area contributed by atoms with Crippen LogP contribution in [-0.2, 0) is 11.3 Å². The van der Waals surface area contributed by atoms with E-state index in [1.807, 2.05) is 0 Å². The fourth-order valence-electron chi connectivity index (χ4n) is 5.17. The molecule has 1 aliphatic heterocycles. The molecule has 3 heterocycles. The van der Waals surface area contributed by atoms with E-state index < -0.39 is 22.3 Å². The number of nitrogens with one attached hydrogen (secondary N) is 2. The summed E-state index contributed by atoms with van der Waals surface area (Å²) in [6.07, 6.45) is 5.12. The second-order valence-electron chi connectivity index (χ2n) is 9.81. The molecule has 0 spiro atoms. The molecule has 3 aromatic rings. The van der Waals surface area contributed by atoms with Crippen LogP contribution in [0.3, 0.4) is 0 Å². The minimum atomic E-state index is -3.48. The molecule has 2 atom stereocenters. The summed E-state index contributed by atoms with van der Waals surface area (Å²) in [5, 5.41) is 27.6. The number of fused-ring (bicyclic) bond motifs is 2. The van der Waals surface area contributed by atoms with Crippen LogP contribution in [0.15, 0.2) is 40.2 Å². The van der Waals surface area contributed by atoms with Crippen molar-refractivity contribution in [3.8, 4) is 6.07 Å². The number of benzene rings is 1. The van der Waals surface area contributed by atoms with Gasteiger partial charge in [-0.05, 0) is 56.5 Å². The normalized spacial score (nSPS) is 22.6. The van der Waals surface area contributed by atoms with Crippen LogP contribution in [0.2, 0.25) is 0 Å². The summed E-state index contributed by atoms with van der Waals surface area (Å²) in [6.45, 7) is 2.90. The predicted octanol–water partition coefficient (Wildman–Crippen LogP) is 4.43. The minimum Gasteiger partial charge on any atom is -0.480 e. The molecule has 190 valence electrons. The van der Waals surface area contributed by atoms with Gasteiger partial charge in [-0.25, -0.2) is 0 Å². The lowest BCUT2D eigenvalue weighted by Gasteiger charge is -2.44. The molecule has 2 aromatic heterocycles. The minimum absolute atomic E-state index is 0.0359. The highest BCUT2D eigenvalue weighted by Gasteiger charge is 2.47. The Morgan fingerprint density at radius 1 is 1.28 bits per heavy atom. The zero-order chi connectivity index (χ0) is 25.8. The third-order valence-corrected chi connectivity index (χ3v) is 9.41. The topological polar surface area (TPSA) is 167 Å². The Morgan fingerprint density at radius 2 is 2.03 bits per heavy atom. The van der Waals surface area contributed by atoms with Gasteiger partial charge in [-0.3, -0.25) is 23.4 Å². The Labute approximate surface area is 208 Å². The average Bonchev–Trinajstić information content (AvgIpc) is 3.34. The Bertz CT molecular complexity index is 1460. The van der Waals surface area contributed by atoms with Crippen LogP contribution in [0, 0.1) is 17.2 Å². The number of carboxylic acid groups (broad SMARTS) is 1. The Balaban J connectivity index is 1.53. The molecule has 1 fully saturated rings. The van der Waals surface area contributed by atoms with E-state index in [-0.39, 0.29) is 29.0 Å². The van der Waals surface area contributed by atoms with Crippen LogP contribution in [0.5, 0.6) is 0 Å². The lowest BCUT2D eigenvalue weighted by Crippen LogP contribution is -2.48. The first-order valence-electron chi connectivity index (χ1n) is 11.7. The van der Waals surface area contributed by atoms with Gasteiger partial charge in [0.2, 0.25) is 0 Å². The second kappa shape index (κ2) is 8.63. The van der Waals surface area contributed by atoms with Crippen LogP contribution in [-0.4, -0.2) is 44.8 Å². The summed E-state index contributed by atoms with van der Waals surface area (Å²) in [4.78, 5) is 27.5. The van der Waals surface area contributed by atoms with Crippen LogP contribution >= 0.6 is 10.8 Å². The number of aliphatic carboxylic acids is 1. The molecular formula is C24H28N6O5S. The van der Waals surface area contributed by atoms with Gasteiger partial charge in [-0.2, -0.15) is 14.7 Å². The lowest BCUT2D eigenvalue weighted by atomic mass is 9.85. The molecule has 1 aliphatic carbocycles. The number of carbonyl (C=O) groups is 1. The van der Waals surface area contributed by atoms with Crippen molar-refractivity contribution in [2.75, 3.05) is 5.32 Å². The number of H-pyrrole nitrogens is 1. The van der Waals surface area contributed by atoms with Crippen molar-refractivity contribution in [2.24, 2.45) is 5.92 Å². The predicted molar refractivity (Wildman–Crippen MR) is 135 cm³/mol. The van der Waals surface area contributed by atoms with Gasteiger partial charge in [0.25, 0.3) is 5.56 Å². The fraction of sp³-hybridized carbons (Fsp3) is 0.417. The number of pyridine rings is 1. The third kappa shape index (κ3) is 3.75. The van der Waals surface area contributed by atoms with E-state index in [0.717, 1.165) is 25.7 Å². The molecule has 0 radical (unpaired) electrons. The number of hydrogen-bond donors (Lipinski definition) is 5. The molecule has 0 amide bonds. The van der Waals surface area contributed by atoms with Crippen LogP contribution in [0.25, 0.3) is 10.9 Å². The maximum absolute atomic E-state index is 12.8. The molecule has 11 nitrogen and oxygen atoms in total. The molecule has 12 heteroatoms. The van der Waals surface area contributed by atoms with Gasteiger partial charge in [0, 0.05) is 18.4 Å². The van der Waals surface area contributed by atoms with E-state index in [1.165, 1.54) is 18.2 Å². The van der Waals surface area contributed by atoms with E-state index in [0.29, 0.717) is 28.0 Å². The maximum atomic E-state index is 12.8. The molecule has 0 saturated heterocycles. The summed E-state index contributed by atoms with van der Waals surface area (Å²) in [7, 11) is -3.48. The number of anilines is 2. The number of aromatic nitrogens is 3. The van der Waals surface area contributed by atoms with E-state index in [4.69, 9.17) is 5.10 Å². The van der Waals surface area contributed by atoms with Gasteiger partial charge in [0.1, 0.15) is 10.9 Å². The largest absolute Gasteiger partial charge is 0.480 e. The highest BCUT2D eigenvalue weighted by atomic mass is 32.3. The van der Waals surface area contributed by atoms with E-state index in [2.05, 4.69) is 16.4 Å². The smallest absolute Gasteiger partial charge is 0.325 e. The first-order valence-corrected chi connectivity index (χ1v) is 13.2. The summed E-state index contributed by atoms with van der Waals surface area (Å²) in [6, 6.07) is 8.95. The first kappa shape index (κ1) is 24.3. The quantitative estimate of drug-likeness (QED) is 0.332. The van der Waals surface area contributed by atoms with Crippen molar-refractivity contribution in [3.63, 3.8) is 0 Å². The Kier molecular flexibility index (Phi) is 5.83. The van der Waals surface area contributed by atoms with E-state index >= 15 is 0 Å². The van der Waals surface area contributed by atoms with Crippen LogP contribution in [0.1, 0.15) is 51.1 Å². The summed E-state index contributed by atoms with van der Waals surface area (Å²) >= 11 is 0. The molecule has 2 unspecified atom stereocenters. The molecular weight excluding hydrogens is 484 g/mol. The first-order chi connectivity index (χ1) is 17.1.